The third-order valence-electron chi connectivity index (χ3n) is 9.61. The first-order valence-corrected chi connectivity index (χ1v) is 18.3. The van der Waals surface area contributed by atoms with Gasteiger partial charge in [0, 0.05) is 63.8 Å². The summed E-state index contributed by atoms with van der Waals surface area (Å²) < 4.78 is 0.822. The third-order valence-corrected chi connectivity index (χ3v) is 9.61. The Morgan fingerprint density at radius 2 is 1.21 bits per heavy atom. The Morgan fingerprint density at radius 1 is 0.649 bits per heavy atom. The number of aromatic nitrogens is 2. The largest absolute Gasteiger partial charge is 0.425 e. The Morgan fingerprint density at radius 3 is 1.88 bits per heavy atom. The van der Waals surface area contributed by atoms with Crippen LogP contribution in [0.3, 0.4) is 0 Å². The summed E-state index contributed by atoms with van der Waals surface area (Å²) >= 11 is 0. The van der Waals surface area contributed by atoms with Crippen LogP contribution in [0.1, 0.15) is 36.2 Å². The van der Waals surface area contributed by atoms with E-state index in [1.165, 1.54) is 70.3 Å². The number of anilines is 1. The number of likely N-dealkylation sites (N-methyl/N-ethyl adjacent to an activating group) is 1. The molecule has 17 nitrogen and oxygen atoms in total. The Kier molecular flexibility index (Phi) is 13.7. The number of fused-ring (bicyclic) bond motifs is 1. The standard InChI is InChI=1S/C40H44N6O11/c1-42(38(53)27-11-5-15-31(47)36(27)51)21-9-25-43(39(54)28-12-6-16-32(48)37(28)52)22-2-3-23-44(40(55)30-14-7-17-33(49)45(30)56)24-8-20-41-29-13-4-10-26-18-19-34(50)46(57)35(26)29/h4-7,10-19,36-37,41,51-52,56-57H,2-3,8-9,20-25H2,1H3. The number of aliphatic hydroxyl groups excluding tert-OH is 2. The molecule has 57 heavy (non-hydrogen) atoms. The van der Waals surface area contributed by atoms with Crippen molar-refractivity contribution in [2.45, 2.75) is 37.9 Å². The predicted molar refractivity (Wildman–Crippen MR) is 207 cm³/mol. The number of carbonyl (C=O) groups excluding carboxylic acids is 5. The van der Waals surface area contributed by atoms with Gasteiger partial charge in [-0.2, -0.15) is 0 Å². The number of pyridine rings is 2. The zero-order chi connectivity index (χ0) is 41.2. The van der Waals surface area contributed by atoms with Gasteiger partial charge in [0.15, 0.2) is 11.6 Å². The van der Waals surface area contributed by atoms with Gasteiger partial charge >= 0.3 is 0 Å². The summed E-state index contributed by atoms with van der Waals surface area (Å²) in [6, 6.07) is 11.8. The van der Waals surface area contributed by atoms with Gasteiger partial charge in [-0.1, -0.05) is 42.5 Å². The van der Waals surface area contributed by atoms with Gasteiger partial charge in [0.2, 0.25) is 0 Å². The minimum absolute atomic E-state index is 0.0769. The SMILES string of the molecule is CN(CCCN(CCCCN(CCCNc1cccc2ccc(=O)n(O)c12)C(=O)c1cccc(=O)n1O)C(=O)C1=CC=CC(=O)C1O)C(=O)C1=CC=CC(=O)C1O. The van der Waals surface area contributed by atoms with Crippen LogP contribution < -0.4 is 16.4 Å². The van der Waals surface area contributed by atoms with E-state index in [0.29, 0.717) is 41.6 Å². The molecule has 0 spiro atoms. The molecule has 3 aromatic rings. The lowest BCUT2D eigenvalue weighted by atomic mass is 9.99. The molecule has 17 heteroatoms. The van der Waals surface area contributed by atoms with Crippen molar-refractivity contribution < 1.29 is 44.6 Å². The van der Waals surface area contributed by atoms with Crippen LogP contribution >= 0.6 is 0 Å². The van der Waals surface area contributed by atoms with Crippen molar-refractivity contribution in [3.63, 3.8) is 0 Å². The zero-order valence-corrected chi connectivity index (χ0v) is 31.2. The van der Waals surface area contributed by atoms with E-state index < -0.39 is 52.6 Å². The first-order chi connectivity index (χ1) is 27.3. The molecule has 5 rings (SSSR count). The molecule has 0 saturated heterocycles. The minimum atomic E-state index is -1.65. The second-order valence-electron chi connectivity index (χ2n) is 13.5. The van der Waals surface area contributed by atoms with E-state index in [0.717, 1.165) is 12.1 Å². The lowest BCUT2D eigenvalue weighted by molar-refractivity contribution is -0.132. The number of para-hydroxylation sites is 1. The second kappa shape index (κ2) is 18.8. The van der Waals surface area contributed by atoms with E-state index in [-0.39, 0.29) is 66.2 Å². The molecule has 0 radical (unpaired) electrons. The molecule has 2 unspecified atom stereocenters. The fraction of sp³-hybridized carbons (Fsp3) is 0.325. The molecule has 3 amide bonds. The first-order valence-electron chi connectivity index (χ1n) is 18.3. The molecule has 0 aliphatic heterocycles. The number of carbonyl (C=O) groups is 5. The summed E-state index contributed by atoms with van der Waals surface area (Å²) in [7, 11) is 1.49. The number of hydrogen-bond acceptors (Lipinski definition) is 12. The van der Waals surface area contributed by atoms with Crippen LogP contribution in [0.25, 0.3) is 10.9 Å². The molecular weight excluding hydrogens is 740 g/mol. The van der Waals surface area contributed by atoms with Gasteiger partial charge in [0.25, 0.3) is 28.8 Å². The second-order valence-corrected chi connectivity index (χ2v) is 13.5. The van der Waals surface area contributed by atoms with Crippen molar-refractivity contribution in [3.8, 4) is 0 Å². The van der Waals surface area contributed by atoms with Crippen molar-refractivity contribution in [1.29, 1.82) is 0 Å². The van der Waals surface area contributed by atoms with E-state index >= 15 is 0 Å². The smallest absolute Gasteiger partial charge is 0.283 e. The van der Waals surface area contributed by atoms with Gasteiger partial charge in [0.1, 0.15) is 23.4 Å². The van der Waals surface area contributed by atoms with Crippen LogP contribution in [0.4, 0.5) is 5.69 Å². The molecular formula is C40H44N6O11. The lowest BCUT2D eigenvalue weighted by Crippen LogP contribution is -2.41. The molecule has 2 atom stereocenters. The van der Waals surface area contributed by atoms with Crippen molar-refractivity contribution in [2.24, 2.45) is 0 Å². The highest BCUT2D eigenvalue weighted by atomic mass is 16.5. The number of nitrogens with one attached hydrogen (secondary N) is 1. The predicted octanol–water partition coefficient (Wildman–Crippen LogP) is 0.892. The summed E-state index contributed by atoms with van der Waals surface area (Å²) in [5, 5.41) is 45.2. The van der Waals surface area contributed by atoms with E-state index in [4.69, 9.17) is 0 Å². The maximum absolute atomic E-state index is 13.7. The van der Waals surface area contributed by atoms with Crippen LogP contribution in [-0.2, 0) is 19.2 Å². The maximum Gasteiger partial charge on any atom is 0.283 e. The van der Waals surface area contributed by atoms with Crippen LogP contribution in [-0.4, -0.2) is 133 Å². The van der Waals surface area contributed by atoms with E-state index in [2.05, 4.69) is 5.32 Å². The Bertz CT molecular complexity index is 2290. The molecule has 2 aliphatic carbocycles. The number of amides is 3. The highest BCUT2D eigenvalue weighted by Gasteiger charge is 2.30. The summed E-state index contributed by atoms with van der Waals surface area (Å²) in [6.45, 7) is 0.975. The molecule has 5 N–H and O–H groups in total. The Labute approximate surface area is 326 Å². The molecule has 0 bridgehead atoms. The van der Waals surface area contributed by atoms with Gasteiger partial charge in [-0.3, -0.25) is 33.6 Å². The first kappa shape index (κ1) is 41.6. The summed E-state index contributed by atoms with van der Waals surface area (Å²) in [5.41, 5.74) is -1.06. The van der Waals surface area contributed by atoms with Crippen LogP contribution in [0, 0.1) is 0 Å². The zero-order valence-electron chi connectivity index (χ0n) is 31.2. The van der Waals surface area contributed by atoms with Crippen molar-refractivity contribution in [2.75, 3.05) is 51.6 Å². The third kappa shape index (κ3) is 9.81. The van der Waals surface area contributed by atoms with Crippen molar-refractivity contribution in [3.05, 3.63) is 123 Å². The van der Waals surface area contributed by atoms with Crippen molar-refractivity contribution in [1.82, 2.24) is 24.2 Å². The Hall–Kier alpha value is -6.59. The Balaban J connectivity index is 1.24. The quantitative estimate of drug-likeness (QED) is 0.0950. The summed E-state index contributed by atoms with van der Waals surface area (Å²) in [4.78, 5) is 92.8. The van der Waals surface area contributed by atoms with Gasteiger partial charge in [-0.05, 0) is 56.0 Å². The van der Waals surface area contributed by atoms with Crippen LogP contribution in [0.5, 0.6) is 0 Å². The molecule has 0 fully saturated rings. The van der Waals surface area contributed by atoms with Crippen LogP contribution in [0.15, 0.2) is 106 Å². The van der Waals surface area contributed by atoms with Crippen LogP contribution in [0.2, 0.25) is 0 Å². The normalized spacial score (nSPS) is 16.3. The summed E-state index contributed by atoms with van der Waals surface area (Å²) in [5.74, 6) is -3.03. The van der Waals surface area contributed by atoms with Crippen molar-refractivity contribution >= 4 is 45.9 Å². The van der Waals surface area contributed by atoms with E-state index in [9.17, 15) is 54.2 Å². The highest BCUT2D eigenvalue weighted by Crippen LogP contribution is 2.22. The average Bonchev–Trinajstić information content (AvgIpc) is 3.20. The van der Waals surface area contributed by atoms with Gasteiger partial charge < -0.3 is 40.6 Å². The number of allylic oxidation sites excluding steroid dienone is 4. The van der Waals surface area contributed by atoms with Gasteiger partial charge in [0.05, 0.1) is 16.8 Å². The number of benzene rings is 1. The molecule has 2 heterocycles. The highest BCUT2D eigenvalue weighted by molar-refractivity contribution is 6.08. The monoisotopic (exact) mass is 784 g/mol. The fourth-order valence-electron chi connectivity index (χ4n) is 6.49. The van der Waals surface area contributed by atoms with Gasteiger partial charge in [-0.15, -0.1) is 9.46 Å². The molecule has 2 aromatic heterocycles. The summed E-state index contributed by atoms with van der Waals surface area (Å²) in [6.07, 6.45) is 5.90. The number of hydrogen-bond donors (Lipinski definition) is 5. The minimum Gasteiger partial charge on any atom is -0.425 e. The number of ketones is 2. The topological polar surface area (TPSA) is 232 Å². The number of nitrogens with zero attached hydrogens (tertiary/aromatic N) is 5. The number of unbranched alkanes of at least 4 members (excludes halogenated alkanes) is 1. The van der Waals surface area contributed by atoms with Gasteiger partial charge in [-0.25, -0.2) is 0 Å². The van der Waals surface area contributed by atoms with E-state index in [1.807, 2.05) is 0 Å². The molecule has 0 saturated carbocycles. The number of rotatable bonds is 17. The lowest BCUT2D eigenvalue weighted by Gasteiger charge is -2.28. The fourth-order valence-corrected chi connectivity index (χ4v) is 6.49. The molecule has 1 aromatic carbocycles. The molecule has 300 valence electrons. The molecule has 2 aliphatic rings. The van der Waals surface area contributed by atoms with E-state index in [1.54, 1.807) is 24.3 Å². The maximum atomic E-state index is 13.7. The average molecular weight is 785 g/mol. The number of aliphatic hydroxyl groups is 2.